The molecule has 5 rings (SSSR count). The average Bonchev–Trinajstić information content (AvgIpc) is 3.17. The molecule has 8 heteroatoms. The lowest BCUT2D eigenvalue weighted by Crippen LogP contribution is -2.27. The van der Waals surface area contributed by atoms with Crippen LogP contribution in [-0.4, -0.2) is 45.3 Å². The van der Waals surface area contributed by atoms with Crippen LogP contribution in [0.4, 0.5) is 5.13 Å². The largest absolute Gasteiger partial charge is 0.349 e. The Balaban J connectivity index is 1.22. The van der Waals surface area contributed by atoms with E-state index in [2.05, 4.69) is 25.7 Å². The van der Waals surface area contributed by atoms with Crippen molar-refractivity contribution in [2.24, 2.45) is 0 Å². The van der Waals surface area contributed by atoms with Crippen LogP contribution in [0.3, 0.4) is 0 Å². The smallest absolute Gasteiger partial charge is 0.290 e. The molecule has 1 aliphatic carbocycles. The zero-order valence-electron chi connectivity index (χ0n) is 16.3. The number of thiazole rings is 1. The van der Waals surface area contributed by atoms with Gasteiger partial charge in [0, 0.05) is 37.4 Å². The van der Waals surface area contributed by atoms with Gasteiger partial charge in [0.1, 0.15) is 5.82 Å². The van der Waals surface area contributed by atoms with Gasteiger partial charge in [-0.15, -0.1) is 16.4 Å². The number of para-hydroxylation sites is 1. The Morgan fingerprint density at radius 2 is 1.93 bits per heavy atom. The molecule has 7 nitrogen and oxygen atoms in total. The minimum absolute atomic E-state index is 0.225. The van der Waals surface area contributed by atoms with Crippen LogP contribution in [-0.2, 0) is 6.42 Å². The summed E-state index contributed by atoms with van der Waals surface area (Å²) in [6.07, 6.45) is 5.42. The molecular weight excluding hydrogens is 384 g/mol. The van der Waals surface area contributed by atoms with Crippen LogP contribution in [0.2, 0.25) is 0 Å². The van der Waals surface area contributed by atoms with Crippen molar-refractivity contribution in [3.63, 3.8) is 0 Å². The lowest BCUT2D eigenvalue weighted by atomic mass is 10.3. The SMILES string of the molecule is O=C(NCCc1csc(N2CCCC2)n1)c1nc(C2CC2)n(-c2ccccc2)n1. The average molecular weight is 409 g/mol. The third kappa shape index (κ3) is 4.03. The number of carbonyl (C=O) groups excluding carboxylic acids is 1. The summed E-state index contributed by atoms with van der Waals surface area (Å²) >= 11 is 1.69. The van der Waals surface area contributed by atoms with E-state index in [9.17, 15) is 4.79 Å². The first-order valence-corrected chi connectivity index (χ1v) is 11.2. The molecule has 3 heterocycles. The molecule has 2 fully saturated rings. The predicted octanol–water partition coefficient (Wildman–Crippen LogP) is 3.17. The molecule has 1 aliphatic heterocycles. The topological polar surface area (TPSA) is 75.9 Å². The molecule has 1 saturated carbocycles. The predicted molar refractivity (Wildman–Crippen MR) is 113 cm³/mol. The first-order valence-electron chi connectivity index (χ1n) is 10.3. The molecule has 150 valence electrons. The number of anilines is 1. The zero-order valence-corrected chi connectivity index (χ0v) is 17.1. The second-order valence-corrected chi connectivity index (χ2v) is 8.47. The Bertz CT molecular complexity index is 988. The Morgan fingerprint density at radius 3 is 2.69 bits per heavy atom. The fourth-order valence-corrected chi connectivity index (χ4v) is 4.55. The standard InChI is InChI=1S/C21H24N6OS/c28-20(22-11-10-16-14-29-21(23-16)26-12-4-5-13-26)18-24-19(15-8-9-15)27(25-18)17-6-2-1-3-7-17/h1-3,6-7,14-15H,4-5,8-13H2,(H,22,28). The van der Waals surface area contributed by atoms with Crippen molar-refractivity contribution < 1.29 is 4.79 Å². The number of benzene rings is 1. The van der Waals surface area contributed by atoms with E-state index in [1.54, 1.807) is 11.3 Å². The molecule has 3 aromatic rings. The highest BCUT2D eigenvalue weighted by atomic mass is 32.1. The Morgan fingerprint density at radius 1 is 1.14 bits per heavy atom. The number of hydrogen-bond donors (Lipinski definition) is 1. The maximum Gasteiger partial charge on any atom is 0.290 e. The zero-order chi connectivity index (χ0) is 19.6. The number of rotatable bonds is 7. The van der Waals surface area contributed by atoms with Gasteiger partial charge in [0.25, 0.3) is 5.91 Å². The summed E-state index contributed by atoms with van der Waals surface area (Å²) in [6, 6.07) is 9.89. The molecule has 2 aromatic heterocycles. The number of nitrogens with zero attached hydrogens (tertiary/aromatic N) is 5. The van der Waals surface area contributed by atoms with Crippen LogP contribution in [0.1, 0.15) is 53.7 Å². The van der Waals surface area contributed by atoms with Gasteiger partial charge in [-0.2, -0.15) is 0 Å². The summed E-state index contributed by atoms with van der Waals surface area (Å²) in [4.78, 5) is 24.2. The van der Waals surface area contributed by atoms with E-state index < -0.39 is 0 Å². The molecule has 1 N–H and O–H groups in total. The summed E-state index contributed by atoms with van der Waals surface area (Å²) in [5, 5.41) is 10.6. The molecule has 2 aliphatic rings. The summed E-state index contributed by atoms with van der Waals surface area (Å²) in [5.74, 6) is 1.31. The van der Waals surface area contributed by atoms with Crippen molar-refractivity contribution >= 4 is 22.4 Å². The van der Waals surface area contributed by atoms with Crippen LogP contribution < -0.4 is 10.2 Å². The van der Waals surface area contributed by atoms with Gasteiger partial charge in [0.15, 0.2) is 5.13 Å². The van der Waals surface area contributed by atoms with E-state index in [-0.39, 0.29) is 11.7 Å². The molecule has 0 atom stereocenters. The number of nitrogens with one attached hydrogen (secondary N) is 1. The third-order valence-corrected chi connectivity index (χ3v) is 6.31. The van der Waals surface area contributed by atoms with Crippen LogP contribution in [0, 0.1) is 0 Å². The van der Waals surface area contributed by atoms with Gasteiger partial charge in [0.2, 0.25) is 5.82 Å². The molecular formula is C21H24N6OS. The molecule has 0 spiro atoms. The minimum Gasteiger partial charge on any atom is -0.349 e. The summed E-state index contributed by atoms with van der Waals surface area (Å²) in [5.41, 5.74) is 1.97. The first kappa shape index (κ1) is 18.3. The number of carbonyl (C=O) groups is 1. The van der Waals surface area contributed by atoms with E-state index >= 15 is 0 Å². The van der Waals surface area contributed by atoms with Gasteiger partial charge in [-0.25, -0.2) is 14.6 Å². The van der Waals surface area contributed by atoms with Gasteiger partial charge in [0.05, 0.1) is 11.4 Å². The summed E-state index contributed by atoms with van der Waals surface area (Å²) < 4.78 is 1.81. The maximum atomic E-state index is 12.6. The number of amides is 1. The maximum absolute atomic E-state index is 12.6. The highest BCUT2D eigenvalue weighted by Gasteiger charge is 2.31. The van der Waals surface area contributed by atoms with Gasteiger partial charge in [-0.3, -0.25) is 4.79 Å². The van der Waals surface area contributed by atoms with Crippen molar-refractivity contribution in [1.29, 1.82) is 0 Å². The van der Waals surface area contributed by atoms with Gasteiger partial charge >= 0.3 is 0 Å². The highest BCUT2D eigenvalue weighted by molar-refractivity contribution is 7.13. The van der Waals surface area contributed by atoms with E-state index in [1.807, 2.05) is 35.0 Å². The van der Waals surface area contributed by atoms with Crippen LogP contribution in [0.25, 0.3) is 5.69 Å². The van der Waals surface area contributed by atoms with Crippen molar-refractivity contribution in [2.75, 3.05) is 24.5 Å². The summed E-state index contributed by atoms with van der Waals surface area (Å²) in [7, 11) is 0. The molecule has 0 bridgehead atoms. The van der Waals surface area contributed by atoms with Crippen molar-refractivity contribution in [3.8, 4) is 5.69 Å². The Labute approximate surface area is 173 Å². The first-order chi connectivity index (χ1) is 14.3. The van der Waals surface area contributed by atoms with Gasteiger partial charge in [-0.05, 0) is 37.8 Å². The minimum atomic E-state index is -0.225. The van der Waals surface area contributed by atoms with Crippen molar-refractivity contribution in [2.45, 2.75) is 38.0 Å². The molecule has 1 saturated heterocycles. The fraction of sp³-hybridized carbons (Fsp3) is 0.429. The molecule has 0 radical (unpaired) electrons. The second-order valence-electron chi connectivity index (χ2n) is 7.64. The lowest BCUT2D eigenvalue weighted by Gasteiger charge is -2.12. The number of aromatic nitrogens is 4. The Kier molecular flexibility index (Phi) is 5.01. The lowest BCUT2D eigenvalue weighted by molar-refractivity contribution is 0.0943. The van der Waals surface area contributed by atoms with E-state index in [1.165, 1.54) is 12.8 Å². The highest BCUT2D eigenvalue weighted by Crippen LogP contribution is 2.39. The molecule has 1 amide bonds. The Hall–Kier alpha value is -2.74. The van der Waals surface area contributed by atoms with Gasteiger partial charge < -0.3 is 10.2 Å². The van der Waals surface area contributed by atoms with E-state index in [0.29, 0.717) is 18.9 Å². The number of hydrogen-bond acceptors (Lipinski definition) is 6. The monoisotopic (exact) mass is 408 g/mol. The van der Waals surface area contributed by atoms with Crippen LogP contribution in [0.15, 0.2) is 35.7 Å². The molecule has 1 aromatic carbocycles. The van der Waals surface area contributed by atoms with Gasteiger partial charge in [-0.1, -0.05) is 18.2 Å². The second kappa shape index (κ2) is 7.94. The van der Waals surface area contributed by atoms with E-state index in [4.69, 9.17) is 4.98 Å². The third-order valence-electron chi connectivity index (χ3n) is 5.36. The quantitative estimate of drug-likeness (QED) is 0.650. The van der Waals surface area contributed by atoms with Crippen LogP contribution >= 0.6 is 11.3 Å². The van der Waals surface area contributed by atoms with Crippen LogP contribution in [0.5, 0.6) is 0 Å². The van der Waals surface area contributed by atoms with E-state index in [0.717, 1.165) is 48.3 Å². The van der Waals surface area contributed by atoms with Crippen molar-refractivity contribution in [1.82, 2.24) is 25.1 Å². The molecule has 29 heavy (non-hydrogen) atoms. The fourth-order valence-electron chi connectivity index (χ4n) is 3.63. The molecule has 0 unspecified atom stereocenters. The normalized spacial score (nSPS) is 16.3. The summed E-state index contributed by atoms with van der Waals surface area (Å²) in [6.45, 7) is 2.73. The van der Waals surface area contributed by atoms with Crippen molar-refractivity contribution in [3.05, 3.63) is 53.1 Å².